The Balaban J connectivity index is 1.50. The fourth-order valence-corrected chi connectivity index (χ4v) is 3.61. The van der Waals surface area contributed by atoms with Crippen LogP contribution in [0.4, 0.5) is 5.69 Å². The average molecular weight is 482 g/mol. The van der Waals surface area contributed by atoms with Crippen molar-refractivity contribution in [1.29, 1.82) is 0 Å². The number of amides is 1. The van der Waals surface area contributed by atoms with Crippen LogP contribution >= 0.6 is 28.1 Å². The van der Waals surface area contributed by atoms with Gasteiger partial charge in [-0.05, 0) is 76.7 Å². The third-order valence-corrected chi connectivity index (χ3v) is 5.13. The molecule has 6 nitrogen and oxygen atoms in total. The summed E-state index contributed by atoms with van der Waals surface area (Å²) in [5.74, 6) is 0.945. The summed E-state index contributed by atoms with van der Waals surface area (Å²) in [6.07, 6.45) is 0. The van der Waals surface area contributed by atoms with Gasteiger partial charge in [-0.3, -0.25) is 10.1 Å². The van der Waals surface area contributed by atoms with Crippen LogP contribution in [-0.4, -0.2) is 23.1 Å². The highest BCUT2D eigenvalue weighted by atomic mass is 79.9. The maximum absolute atomic E-state index is 12.2. The summed E-state index contributed by atoms with van der Waals surface area (Å²) in [4.78, 5) is 16.8. The van der Waals surface area contributed by atoms with Crippen LogP contribution in [0.1, 0.15) is 10.4 Å². The molecule has 4 aromatic rings. The number of carbonyl (C=O) groups excluding carboxylic acids is 1. The van der Waals surface area contributed by atoms with Crippen molar-refractivity contribution in [2.45, 2.75) is 0 Å². The zero-order valence-corrected chi connectivity index (χ0v) is 18.2. The summed E-state index contributed by atoms with van der Waals surface area (Å²) in [5.41, 5.74) is 3.35. The van der Waals surface area contributed by atoms with Crippen molar-refractivity contribution < 1.29 is 13.9 Å². The van der Waals surface area contributed by atoms with Gasteiger partial charge in [0.05, 0.1) is 11.6 Å². The molecule has 3 aromatic carbocycles. The van der Waals surface area contributed by atoms with E-state index in [1.807, 2.05) is 36.4 Å². The summed E-state index contributed by atoms with van der Waals surface area (Å²) in [6.45, 7) is 0. The highest BCUT2D eigenvalue weighted by molar-refractivity contribution is 9.10. The SMILES string of the molecule is COc1ccc(-c2nc3cc(NC(=S)NC(=O)c4ccccc4)ccc3o2)cc1Br. The molecule has 1 heterocycles. The van der Waals surface area contributed by atoms with E-state index in [2.05, 4.69) is 31.5 Å². The molecule has 0 saturated carbocycles. The van der Waals surface area contributed by atoms with Gasteiger partial charge in [0, 0.05) is 16.8 Å². The van der Waals surface area contributed by atoms with Crippen LogP contribution in [0, 0.1) is 0 Å². The minimum Gasteiger partial charge on any atom is -0.496 e. The Kier molecular flexibility index (Phi) is 5.78. The van der Waals surface area contributed by atoms with Crippen LogP contribution in [0.2, 0.25) is 0 Å². The van der Waals surface area contributed by atoms with Crippen LogP contribution in [-0.2, 0) is 0 Å². The number of hydrogen-bond donors (Lipinski definition) is 2. The van der Waals surface area contributed by atoms with Crippen molar-refractivity contribution in [3.8, 4) is 17.2 Å². The van der Waals surface area contributed by atoms with Crippen LogP contribution in [0.3, 0.4) is 0 Å². The molecule has 0 fully saturated rings. The van der Waals surface area contributed by atoms with Gasteiger partial charge in [-0.2, -0.15) is 0 Å². The molecule has 0 saturated heterocycles. The Morgan fingerprint density at radius 1 is 1.10 bits per heavy atom. The summed E-state index contributed by atoms with van der Waals surface area (Å²) in [6, 6.07) is 19.9. The lowest BCUT2D eigenvalue weighted by Gasteiger charge is -2.09. The van der Waals surface area contributed by atoms with Crippen molar-refractivity contribution in [3.63, 3.8) is 0 Å². The maximum Gasteiger partial charge on any atom is 0.257 e. The third kappa shape index (κ3) is 4.34. The Hall–Kier alpha value is -3.23. The molecule has 1 amide bonds. The molecule has 0 bridgehead atoms. The second-order valence-electron chi connectivity index (χ2n) is 6.33. The van der Waals surface area contributed by atoms with Crippen molar-refractivity contribution >= 4 is 56.0 Å². The molecule has 8 heteroatoms. The van der Waals surface area contributed by atoms with E-state index in [-0.39, 0.29) is 11.0 Å². The fraction of sp³-hybridized carbons (Fsp3) is 0.0455. The van der Waals surface area contributed by atoms with Gasteiger partial charge in [-0.15, -0.1) is 0 Å². The molecular formula is C22H16BrN3O3S. The van der Waals surface area contributed by atoms with Gasteiger partial charge in [0.25, 0.3) is 5.91 Å². The van der Waals surface area contributed by atoms with Gasteiger partial charge in [-0.1, -0.05) is 18.2 Å². The predicted octanol–water partition coefficient (Wildman–Crippen LogP) is 5.39. The number of oxazole rings is 1. The van der Waals surface area contributed by atoms with Crippen LogP contribution in [0.15, 0.2) is 75.6 Å². The highest BCUT2D eigenvalue weighted by Gasteiger charge is 2.12. The van der Waals surface area contributed by atoms with Gasteiger partial charge >= 0.3 is 0 Å². The maximum atomic E-state index is 12.2. The molecule has 1 aromatic heterocycles. The number of ether oxygens (including phenoxy) is 1. The summed E-state index contributed by atoms with van der Waals surface area (Å²) in [5, 5.41) is 5.86. The van der Waals surface area contributed by atoms with E-state index in [0.717, 1.165) is 15.8 Å². The van der Waals surface area contributed by atoms with E-state index in [1.54, 1.807) is 37.4 Å². The molecule has 4 rings (SSSR count). The Labute approximate surface area is 186 Å². The quantitative estimate of drug-likeness (QED) is 0.380. The van der Waals surface area contributed by atoms with E-state index in [1.165, 1.54) is 0 Å². The van der Waals surface area contributed by atoms with Gasteiger partial charge in [-0.25, -0.2) is 4.98 Å². The molecular weight excluding hydrogens is 466 g/mol. The number of hydrogen-bond acceptors (Lipinski definition) is 5. The molecule has 0 radical (unpaired) electrons. The lowest BCUT2D eigenvalue weighted by Crippen LogP contribution is -2.34. The Morgan fingerprint density at radius 3 is 2.63 bits per heavy atom. The molecule has 0 aliphatic rings. The molecule has 30 heavy (non-hydrogen) atoms. The molecule has 2 N–H and O–H groups in total. The van der Waals surface area contributed by atoms with E-state index < -0.39 is 0 Å². The first kappa shape index (κ1) is 20.1. The number of benzene rings is 3. The average Bonchev–Trinajstić information content (AvgIpc) is 3.17. The van der Waals surface area contributed by atoms with Gasteiger partial charge < -0.3 is 14.5 Å². The normalized spacial score (nSPS) is 10.6. The molecule has 0 aliphatic carbocycles. The third-order valence-electron chi connectivity index (χ3n) is 4.31. The number of fused-ring (bicyclic) bond motifs is 1. The van der Waals surface area contributed by atoms with Crippen molar-refractivity contribution in [3.05, 3.63) is 76.8 Å². The van der Waals surface area contributed by atoms with E-state index in [9.17, 15) is 4.79 Å². The van der Waals surface area contributed by atoms with E-state index in [4.69, 9.17) is 21.4 Å². The standard InChI is InChI=1S/C22H16BrN3O3S/c1-28-18-9-7-14(11-16(18)23)21-25-17-12-15(8-10-19(17)29-21)24-22(30)26-20(27)13-5-3-2-4-6-13/h2-12H,1H3,(H2,24,26,27,30). The second kappa shape index (κ2) is 8.64. The van der Waals surface area contributed by atoms with Crippen molar-refractivity contribution in [2.75, 3.05) is 12.4 Å². The number of anilines is 1. The van der Waals surface area contributed by atoms with Gasteiger partial charge in [0.2, 0.25) is 5.89 Å². The number of carbonyl (C=O) groups is 1. The number of halogens is 1. The Bertz CT molecular complexity index is 1240. The van der Waals surface area contributed by atoms with Crippen LogP contribution in [0.5, 0.6) is 5.75 Å². The lowest BCUT2D eigenvalue weighted by molar-refractivity contribution is 0.0977. The molecule has 150 valence electrons. The predicted molar refractivity (Wildman–Crippen MR) is 124 cm³/mol. The smallest absolute Gasteiger partial charge is 0.257 e. The van der Waals surface area contributed by atoms with Crippen molar-refractivity contribution in [1.82, 2.24) is 10.3 Å². The summed E-state index contributed by atoms with van der Waals surface area (Å²) < 4.78 is 11.9. The number of rotatable bonds is 4. The first-order valence-electron chi connectivity index (χ1n) is 8.95. The zero-order valence-electron chi connectivity index (χ0n) is 15.8. The number of aromatic nitrogens is 1. The van der Waals surface area contributed by atoms with Crippen LogP contribution in [0.25, 0.3) is 22.6 Å². The fourth-order valence-electron chi connectivity index (χ4n) is 2.86. The topological polar surface area (TPSA) is 76.4 Å². The summed E-state index contributed by atoms with van der Waals surface area (Å²) in [7, 11) is 1.61. The van der Waals surface area contributed by atoms with Crippen molar-refractivity contribution in [2.24, 2.45) is 0 Å². The first-order chi connectivity index (χ1) is 14.5. The number of nitrogens with zero attached hydrogens (tertiary/aromatic N) is 1. The number of nitrogens with one attached hydrogen (secondary N) is 2. The minimum absolute atomic E-state index is 0.200. The molecule has 0 atom stereocenters. The molecule has 0 unspecified atom stereocenters. The number of thiocarbonyl (C=S) groups is 1. The van der Waals surface area contributed by atoms with E-state index in [0.29, 0.717) is 28.2 Å². The monoisotopic (exact) mass is 481 g/mol. The number of methoxy groups -OCH3 is 1. The summed E-state index contributed by atoms with van der Waals surface area (Å²) >= 11 is 8.72. The van der Waals surface area contributed by atoms with Crippen LogP contribution < -0.4 is 15.4 Å². The molecule has 0 spiro atoms. The second-order valence-corrected chi connectivity index (χ2v) is 7.59. The largest absolute Gasteiger partial charge is 0.496 e. The highest BCUT2D eigenvalue weighted by Crippen LogP contribution is 2.32. The lowest BCUT2D eigenvalue weighted by atomic mass is 10.2. The Morgan fingerprint density at radius 2 is 1.90 bits per heavy atom. The van der Waals surface area contributed by atoms with E-state index >= 15 is 0 Å². The first-order valence-corrected chi connectivity index (χ1v) is 10.2. The zero-order chi connectivity index (χ0) is 21.1. The van der Waals surface area contributed by atoms with Gasteiger partial charge in [0.1, 0.15) is 11.3 Å². The minimum atomic E-state index is -0.275. The van der Waals surface area contributed by atoms with Gasteiger partial charge in [0.15, 0.2) is 10.7 Å². The molecule has 0 aliphatic heterocycles.